The van der Waals surface area contributed by atoms with E-state index >= 15 is 0 Å². The van der Waals surface area contributed by atoms with Crippen molar-refractivity contribution in [1.29, 1.82) is 0 Å². The highest BCUT2D eigenvalue weighted by Crippen LogP contribution is 2.34. The number of amides is 1. The zero-order chi connectivity index (χ0) is 26.8. The van der Waals surface area contributed by atoms with Crippen LogP contribution in [0.3, 0.4) is 0 Å². The van der Waals surface area contributed by atoms with E-state index in [2.05, 4.69) is 31.0 Å². The van der Waals surface area contributed by atoms with E-state index in [0.717, 1.165) is 18.2 Å². The summed E-state index contributed by atoms with van der Waals surface area (Å²) in [4.78, 5) is 13.6. The summed E-state index contributed by atoms with van der Waals surface area (Å²) in [5.74, 6) is -1.65. The van der Waals surface area contributed by atoms with Crippen molar-refractivity contribution in [3.05, 3.63) is 111 Å². The molecule has 0 aliphatic heterocycles. The molecule has 0 spiro atoms. The van der Waals surface area contributed by atoms with E-state index in [1.54, 1.807) is 60.1 Å². The Kier molecular flexibility index (Phi) is 7.17. The minimum Gasteiger partial charge on any atom is -0.344 e. The molecule has 0 aliphatic carbocycles. The molecule has 1 unspecified atom stereocenters. The van der Waals surface area contributed by atoms with Crippen LogP contribution in [0.5, 0.6) is 0 Å². The first kappa shape index (κ1) is 25.5. The number of nitrogens with zero attached hydrogens (tertiary/aromatic N) is 5. The fraction of sp³-hybridized carbons (Fsp3) is 0.115. The van der Waals surface area contributed by atoms with E-state index in [-0.39, 0.29) is 17.7 Å². The Balaban J connectivity index is 1.66. The van der Waals surface area contributed by atoms with Gasteiger partial charge in [-0.2, -0.15) is 5.10 Å². The van der Waals surface area contributed by atoms with Gasteiger partial charge in [0.25, 0.3) is 5.91 Å². The molecule has 8 nitrogen and oxygen atoms in total. The Labute approximate surface area is 225 Å². The molecule has 0 bridgehead atoms. The smallest absolute Gasteiger partial charge is 0.272 e. The van der Waals surface area contributed by atoms with Gasteiger partial charge in [0.1, 0.15) is 11.6 Å². The van der Waals surface area contributed by atoms with Crippen molar-refractivity contribution in [3.8, 4) is 16.9 Å². The Hall–Kier alpha value is -4.15. The van der Waals surface area contributed by atoms with E-state index in [1.165, 1.54) is 0 Å². The lowest BCUT2D eigenvalue weighted by Gasteiger charge is -2.14. The summed E-state index contributed by atoms with van der Waals surface area (Å²) >= 11 is 12.7. The highest BCUT2D eigenvalue weighted by molar-refractivity contribution is 6.32. The highest BCUT2D eigenvalue weighted by atomic mass is 35.5. The van der Waals surface area contributed by atoms with Gasteiger partial charge >= 0.3 is 0 Å². The zero-order valence-corrected chi connectivity index (χ0v) is 21.3. The molecule has 5 aromatic rings. The number of nitrogens with one attached hydrogen (secondary N) is 2. The molecule has 38 heavy (non-hydrogen) atoms. The first-order valence-electron chi connectivity index (χ1n) is 11.4. The number of aromatic amines is 1. The van der Waals surface area contributed by atoms with Crippen LogP contribution in [0, 0.1) is 11.6 Å². The molecule has 0 aliphatic rings. The molecular weight excluding hydrogens is 535 g/mol. The van der Waals surface area contributed by atoms with Gasteiger partial charge in [-0.15, -0.1) is 5.10 Å². The topological polar surface area (TPSA) is 101 Å². The van der Waals surface area contributed by atoms with Gasteiger partial charge in [-0.05, 0) is 59.3 Å². The van der Waals surface area contributed by atoms with Crippen LogP contribution in [-0.2, 0) is 6.42 Å². The molecule has 1 atom stereocenters. The van der Waals surface area contributed by atoms with Crippen LogP contribution < -0.4 is 5.32 Å². The predicted octanol–water partition coefficient (Wildman–Crippen LogP) is 5.72. The molecule has 2 heterocycles. The van der Waals surface area contributed by atoms with Crippen LogP contribution in [0.15, 0.2) is 66.7 Å². The van der Waals surface area contributed by atoms with Gasteiger partial charge in [0.05, 0.1) is 22.4 Å². The van der Waals surface area contributed by atoms with Crippen LogP contribution in [-0.4, -0.2) is 36.3 Å². The summed E-state index contributed by atoms with van der Waals surface area (Å²) < 4.78 is 29.2. The number of rotatable bonds is 7. The first-order chi connectivity index (χ1) is 18.3. The Morgan fingerprint density at radius 3 is 2.42 bits per heavy atom. The molecule has 2 aromatic heterocycles. The van der Waals surface area contributed by atoms with Crippen LogP contribution >= 0.6 is 23.2 Å². The molecule has 12 heteroatoms. The number of halogens is 4. The van der Waals surface area contributed by atoms with Gasteiger partial charge < -0.3 is 5.32 Å². The molecule has 0 fully saturated rings. The van der Waals surface area contributed by atoms with E-state index in [1.807, 2.05) is 0 Å². The molecule has 0 saturated heterocycles. The quantitative estimate of drug-likeness (QED) is 0.268. The molecule has 3 aromatic carbocycles. The number of hydrogen-bond acceptors (Lipinski definition) is 5. The minimum atomic E-state index is -0.743. The fourth-order valence-electron chi connectivity index (χ4n) is 4.10. The highest BCUT2D eigenvalue weighted by Gasteiger charge is 2.27. The SMILES string of the molecule is CC(NC(=O)c1nn(-c2ccccc2Cl)c(-c2ccc(Cl)cc2)c1Cc1nnn[nH]1)c1cc(F)cc(F)c1. The lowest BCUT2D eigenvalue weighted by molar-refractivity contribution is 0.0933. The van der Waals surface area contributed by atoms with Crippen LogP contribution in [0.25, 0.3) is 16.9 Å². The molecule has 0 radical (unpaired) electrons. The number of aromatic nitrogens is 6. The second-order valence-corrected chi connectivity index (χ2v) is 9.31. The average Bonchev–Trinajstić information content (AvgIpc) is 3.53. The zero-order valence-electron chi connectivity index (χ0n) is 19.8. The summed E-state index contributed by atoms with van der Waals surface area (Å²) in [7, 11) is 0. The lowest BCUT2D eigenvalue weighted by Crippen LogP contribution is -2.28. The summed E-state index contributed by atoms with van der Waals surface area (Å²) in [6.45, 7) is 1.62. The molecule has 5 rings (SSSR count). The van der Waals surface area contributed by atoms with Gasteiger partial charge in [-0.1, -0.05) is 47.5 Å². The maximum Gasteiger partial charge on any atom is 0.272 e. The van der Waals surface area contributed by atoms with Crippen LogP contribution in [0.4, 0.5) is 8.78 Å². The second-order valence-electron chi connectivity index (χ2n) is 8.47. The van der Waals surface area contributed by atoms with Crippen LogP contribution in [0.2, 0.25) is 10.0 Å². The van der Waals surface area contributed by atoms with Gasteiger partial charge in [-0.3, -0.25) is 4.79 Å². The largest absolute Gasteiger partial charge is 0.344 e. The van der Waals surface area contributed by atoms with Crippen molar-refractivity contribution in [2.45, 2.75) is 19.4 Å². The Morgan fingerprint density at radius 1 is 1.05 bits per heavy atom. The number of benzene rings is 3. The van der Waals surface area contributed by atoms with Gasteiger partial charge in [0.2, 0.25) is 0 Å². The number of carbonyl (C=O) groups is 1. The molecule has 2 N–H and O–H groups in total. The molecular formula is C26H19Cl2F2N7O. The van der Waals surface area contributed by atoms with Gasteiger partial charge in [0.15, 0.2) is 11.5 Å². The lowest BCUT2D eigenvalue weighted by atomic mass is 10.0. The van der Waals surface area contributed by atoms with Crippen molar-refractivity contribution in [2.75, 3.05) is 0 Å². The monoisotopic (exact) mass is 553 g/mol. The number of para-hydroxylation sites is 1. The Bertz CT molecular complexity index is 1580. The number of carbonyl (C=O) groups excluding carboxylic acids is 1. The maximum atomic E-state index is 13.8. The standard InChI is InChI=1S/C26H19Cl2F2N7O/c1-14(16-10-18(29)12-19(30)11-16)31-26(38)24-20(13-23-32-35-36-33-23)25(15-6-8-17(27)9-7-15)37(34-24)22-5-3-2-4-21(22)28/h2-12,14H,13H2,1H3,(H,31,38)(H,32,33,35,36). The third kappa shape index (κ3) is 5.27. The first-order valence-corrected chi connectivity index (χ1v) is 12.2. The summed E-state index contributed by atoms with van der Waals surface area (Å²) in [6, 6.07) is 16.5. The van der Waals surface area contributed by atoms with Crippen molar-refractivity contribution in [1.82, 2.24) is 35.7 Å². The Morgan fingerprint density at radius 2 is 1.76 bits per heavy atom. The number of H-pyrrole nitrogens is 1. The van der Waals surface area contributed by atoms with Crippen molar-refractivity contribution >= 4 is 29.1 Å². The summed E-state index contributed by atoms with van der Waals surface area (Å²) in [6.07, 6.45) is 0.126. The summed E-state index contributed by atoms with van der Waals surface area (Å²) in [5, 5.41) is 22.3. The van der Waals surface area contributed by atoms with Crippen LogP contribution in [0.1, 0.15) is 40.4 Å². The minimum absolute atomic E-state index is 0.0648. The second kappa shape index (κ2) is 10.7. The third-order valence-corrected chi connectivity index (χ3v) is 6.43. The molecule has 0 saturated carbocycles. The van der Waals surface area contributed by atoms with E-state index < -0.39 is 23.6 Å². The normalized spacial score (nSPS) is 11.9. The van der Waals surface area contributed by atoms with Crippen molar-refractivity contribution in [2.24, 2.45) is 0 Å². The molecule has 192 valence electrons. The van der Waals surface area contributed by atoms with Crippen molar-refractivity contribution < 1.29 is 13.6 Å². The fourth-order valence-corrected chi connectivity index (χ4v) is 4.44. The average molecular weight is 554 g/mol. The number of hydrogen-bond donors (Lipinski definition) is 2. The van der Waals surface area contributed by atoms with Crippen molar-refractivity contribution in [3.63, 3.8) is 0 Å². The van der Waals surface area contributed by atoms with E-state index in [0.29, 0.717) is 38.4 Å². The van der Waals surface area contributed by atoms with Gasteiger partial charge in [-0.25, -0.2) is 18.6 Å². The van der Waals surface area contributed by atoms with E-state index in [9.17, 15) is 13.6 Å². The van der Waals surface area contributed by atoms with Gasteiger partial charge in [0, 0.05) is 28.6 Å². The predicted molar refractivity (Wildman–Crippen MR) is 138 cm³/mol. The number of tetrazole rings is 1. The third-order valence-electron chi connectivity index (χ3n) is 5.86. The maximum absolute atomic E-state index is 13.8. The summed E-state index contributed by atoms with van der Waals surface area (Å²) in [5.41, 5.74) is 2.65. The van der Waals surface area contributed by atoms with E-state index in [4.69, 9.17) is 23.2 Å². The molecule has 1 amide bonds.